The normalized spacial score (nSPS) is 10.5. The van der Waals surface area contributed by atoms with E-state index in [-0.39, 0.29) is 5.91 Å². The predicted molar refractivity (Wildman–Crippen MR) is 73.7 cm³/mol. The number of carbonyl (C=O) groups excluding carboxylic acids is 1. The molecule has 19 heavy (non-hydrogen) atoms. The van der Waals surface area contributed by atoms with E-state index in [4.69, 9.17) is 4.52 Å². The van der Waals surface area contributed by atoms with Crippen molar-refractivity contribution in [3.8, 4) is 0 Å². The minimum atomic E-state index is -0.0666. The van der Waals surface area contributed by atoms with Gasteiger partial charge >= 0.3 is 0 Å². The molecule has 0 aliphatic heterocycles. The first kappa shape index (κ1) is 13.7. The van der Waals surface area contributed by atoms with Crippen LogP contribution in [0.15, 0.2) is 27.5 Å². The van der Waals surface area contributed by atoms with Gasteiger partial charge in [-0.2, -0.15) is 0 Å². The molecule has 1 amide bonds. The fourth-order valence-corrected chi connectivity index (χ4v) is 2.16. The van der Waals surface area contributed by atoms with Gasteiger partial charge in [0.25, 0.3) is 5.91 Å². The zero-order valence-corrected chi connectivity index (χ0v) is 12.6. The van der Waals surface area contributed by atoms with Crippen molar-refractivity contribution in [3.05, 3.63) is 45.5 Å². The Morgan fingerprint density at radius 3 is 2.79 bits per heavy atom. The predicted octanol–water partition coefficient (Wildman–Crippen LogP) is 2.72. The number of carbonyl (C=O) groups is 1. The molecule has 0 radical (unpaired) electrons. The van der Waals surface area contributed by atoms with Crippen LogP contribution in [0.2, 0.25) is 0 Å². The molecule has 2 aromatic heterocycles. The van der Waals surface area contributed by atoms with E-state index in [2.05, 4.69) is 26.1 Å². The molecule has 0 fully saturated rings. The van der Waals surface area contributed by atoms with Crippen LogP contribution in [0.1, 0.15) is 27.4 Å². The summed E-state index contributed by atoms with van der Waals surface area (Å²) in [4.78, 5) is 17.9. The van der Waals surface area contributed by atoms with E-state index in [9.17, 15) is 4.79 Å². The number of pyridine rings is 1. The molecule has 0 bridgehead atoms. The van der Waals surface area contributed by atoms with Gasteiger partial charge in [0.2, 0.25) is 0 Å². The van der Waals surface area contributed by atoms with Gasteiger partial charge in [-0.1, -0.05) is 5.16 Å². The molecule has 0 spiro atoms. The minimum Gasteiger partial charge on any atom is -0.361 e. The molecule has 6 heteroatoms. The van der Waals surface area contributed by atoms with Crippen molar-refractivity contribution in [2.24, 2.45) is 0 Å². The van der Waals surface area contributed by atoms with Crippen molar-refractivity contribution in [2.75, 3.05) is 7.05 Å². The van der Waals surface area contributed by atoms with Crippen LogP contribution >= 0.6 is 15.9 Å². The third-order valence-electron chi connectivity index (χ3n) is 2.90. The first-order valence-electron chi connectivity index (χ1n) is 5.78. The molecule has 0 aromatic carbocycles. The second kappa shape index (κ2) is 5.52. The Kier molecular flexibility index (Phi) is 3.99. The molecule has 0 atom stereocenters. The highest BCUT2D eigenvalue weighted by atomic mass is 79.9. The summed E-state index contributed by atoms with van der Waals surface area (Å²) in [6, 6.07) is 3.39. The maximum Gasteiger partial charge on any atom is 0.254 e. The SMILES string of the molecule is Cc1noc(C)c1CN(C)C(=O)c1ccnc(Br)c1. The number of aryl methyl sites for hydroxylation is 2. The van der Waals surface area contributed by atoms with Gasteiger partial charge < -0.3 is 9.42 Å². The maximum absolute atomic E-state index is 12.3. The molecule has 100 valence electrons. The van der Waals surface area contributed by atoms with Gasteiger partial charge in [-0.3, -0.25) is 4.79 Å². The zero-order valence-electron chi connectivity index (χ0n) is 11.0. The molecule has 0 aliphatic carbocycles. The largest absolute Gasteiger partial charge is 0.361 e. The summed E-state index contributed by atoms with van der Waals surface area (Å²) in [7, 11) is 1.75. The van der Waals surface area contributed by atoms with E-state index in [1.165, 1.54) is 0 Å². The fourth-order valence-electron chi connectivity index (χ4n) is 1.79. The molecule has 0 saturated heterocycles. The summed E-state index contributed by atoms with van der Waals surface area (Å²) in [5.74, 6) is 0.677. The molecule has 5 nitrogen and oxygen atoms in total. The van der Waals surface area contributed by atoms with E-state index in [1.807, 2.05) is 13.8 Å². The van der Waals surface area contributed by atoms with Crippen molar-refractivity contribution in [1.82, 2.24) is 15.0 Å². The maximum atomic E-state index is 12.3. The van der Waals surface area contributed by atoms with Crippen LogP contribution in [-0.4, -0.2) is 28.0 Å². The number of amides is 1. The number of nitrogens with zero attached hydrogens (tertiary/aromatic N) is 3. The van der Waals surface area contributed by atoms with Gasteiger partial charge in [0, 0.05) is 24.4 Å². The van der Waals surface area contributed by atoms with Crippen LogP contribution in [0, 0.1) is 13.8 Å². The van der Waals surface area contributed by atoms with Crippen LogP contribution in [0.5, 0.6) is 0 Å². The third-order valence-corrected chi connectivity index (χ3v) is 3.33. The molecule has 0 unspecified atom stereocenters. The Hall–Kier alpha value is -1.69. The monoisotopic (exact) mass is 323 g/mol. The standard InChI is InChI=1S/C13H14BrN3O2/c1-8-11(9(2)19-16-8)7-17(3)13(18)10-4-5-15-12(14)6-10/h4-6H,7H2,1-3H3. The third kappa shape index (κ3) is 3.01. The summed E-state index contributed by atoms with van der Waals surface area (Å²) in [5.41, 5.74) is 2.35. The van der Waals surface area contributed by atoms with Crippen LogP contribution in [0.4, 0.5) is 0 Å². The van der Waals surface area contributed by atoms with Gasteiger partial charge in [0.1, 0.15) is 10.4 Å². The van der Waals surface area contributed by atoms with E-state index < -0.39 is 0 Å². The Bertz CT molecular complexity index is 590. The number of hydrogen-bond acceptors (Lipinski definition) is 4. The Morgan fingerprint density at radius 2 is 2.21 bits per heavy atom. The Morgan fingerprint density at radius 1 is 1.47 bits per heavy atom. The molecule has 0 saturated carbocycles. The van der Waals surface area contributed by atoms with Gasteiger partial charge in [-0.15, -0.1) is 0 Å². The lowest BCUT2D eigenvalue weighted by Crippen LogP contribution is -2.26. The molecule has 2 heterocycles. The first-order chi connectivity index (χ1) is 8.99. The highest BCUT2D eigenvalue weighted by Gasteiger charge is 2.17. The van der Waals surface area contributed by atoms with Crippen LogP contribution in [0.25, 0.3) is 0 Å². The summed E-state index contributed by atoms with van der Waals surface area (Å²) in [5, 5.41) is 3.88. The molecule has 0 aliphatic rings. The topological polar surface area (TPSA) is 59.2 Å². The van der Waals surface area contributed by atoms with Crippen molar-refractivity contribution >= 4 is 21.8 Å². The van der Waals surface area contributed by atoms with Crippen LogP contribution in [0.3, 0.4) is 0 Å². The minimum absolute atomic E-state index is 0.0666. The first-order valence-corrected chi connectivity index (χ1v) is 6.57. The highest BCUT2D eigenvalue weighted by Crippen LogP contribution is 2.16. The Labute approximate surface area is 119 Å². The summed E-state index contributed by atoms with van der Waals surface area (Å²) in [6.45, 7) is 4.18. The second-order valence-corrected chi connectivity index (χ2v) is 5.14. The quantitative estimate of drug-likeness (QED) is 0.815. The average molecular weight is 324 g/mol. The highest BCUT2D eigenvalue weighted by molar-refractivity contribution is 9.10. The molecular weight excluding hydrogens is 310 g/mol. The van der Waals surface area contributed by atoms with E-state index in [0.29, 0.717) is 16.7 Å². The number of rotatable bonds is 3. The molecule has 0 N–H and O–H groups in total. The van der Waals surface area contributed by atoms with Gasteiger partial charge in [-0.05, 0) is 41.9 Å². The van der Waals surface area contributed by atoms with Crippen LogP contribution < -0.4 is 0 Å². The summed E-state index contributed by atoms with van der Waals surface area (Å²) in [6.07, 6.45) is 1.60. The van der Waals surface area contributed by atoms with Gasteiger partial charge in [-0.25, -0.2) is 4.98 Å². The van der Waals surface area contributed by atoms with Crippen molar-refractivity contribution in [1.29, 1.82) is 0 Å². The van der Waals surface area contributed by atoms with Crippen molar-refractivity contribution < 1.29 is 9.32 Å². The number of hydrogen-bond donors (Lipinski definition) is 0. The fraction of sp³-hybridized carbons (Fsp3) is 0.308. The number of aromatic nitrogens is 2. The molecule has 2 aromatic rings. The van der Waals surface area contributed by atoms with Gasteiger partial charge in [0.05, 0.1) is 12.2 Å². The Balaban J connectivity index is 2.16. The van der Waals surface area contributed by atoms with E-state index >= 15 is 0 Å². The lowest BCUT2D eigenvalue weighted by atomic mass is 10.2. The lowest BCUT2D eigenvalue weighted by molar-refractivity contribution is 0.0784. The van der Waals surface area contributed by atoms with Crippen molar-refractivity contribution in [2.45, 2.75) is 20.4 Å². The number of halogens is 1. The summed E-state index contributed by atoms with van der Waals surface area (Å²) >= 11 is 3.26. The molecule has 2 rings (SSSR count). The van der Waals surface area contributed by atoms with E-state index in [1.54, 1.807) is 30.3 Å². The molecular formula is C13H14BrN3O2. The average Bonchev–Trinajstić information content (AvgIpc) is 2.69. The van der Waals surface area contributed by atoms with Gasteiger partial charge in [0.15, 0.2) is 0 Å². The van der Waals surface area contributed by atoms with E-state index in [0.717, 1.165) is 17.0 Å². The smallest absolute Gasteiger partial charge is 0.254 e. The van der Waals surface area contributed by atoms with Crippen molar-refractivity contribution in [3.63, 3.8) is 0 Å². The lowest BCUT2D eigenvalue weighted by Gasteiger charge is -2.17. The van der Waals surface area contributed by atoms with Crippen LogP contribution in [-0.2, 0) is 6.54 Å². The summed E-state index contributed by atoms with van der Waals surface area (Å²) < 4.78 is 5.74. The second-order valence-electron chi connectivity index (χ2n) is 4.33. The zero-order chi connectivity index (χ0) is 14.0.